The summed E-state index contributed by atoms with van der Waals surface area (Å²) in [6.07, 6.45) is 1.96. The Hall–Kier alpha value is -3.08. The highest BCUT2D eigenvalue weighted by Gasteiger charge is 2.66. The highest BCUT2D eigenvalue weighted by atomic mass is 16.6. The van der Waals surface area contributed by atoms with E-state index in [9.17, 15) is 9.59 Å². The molecule has 2 aromatic carbocycles. The lowest BCUT2D eigenvalue weighted by Crippen LogP contribution is -2.30. The Morgan fingerprint density at radius 2 is 1.85 bits per heavy atom. The molecule has 0 heterocycles. The van der Waals surface area contributed by atoms with E-state index in [0.29, 0.717) is 12.2 Å². The third-order valence-corrected chi connectivity index (χ3v) is 4.46. The highest BCUT2D eigenvalue weighted by molar-refractivity contribution is 6.04. The molecular weight excluding hydrogens is 332 g/mol. The van der Waals surface area contributed by atoms with Crippen LogP contribution in [0.15, 0.2) is 67.3 Å². The van der Waals surface area contributed by atoms with Gasteiger partial charge in [0.2, 0.25) is 0 Å². The largest absolute Gasteiger partial charge is 0.468 e. The van der Waals surface area contributed by atoms with Crippen molar-refractivity contribution in [1.82, 2.24) is 0 Å². The topological polar surface area (TPSA) is 61.8 Å². The fraction of sp³-hybridized carbons (Fsp3) is 0.238. The second-order valence-electron chi connectivity index (χ2n) is 6.15. The van der Waals surface area contributed by atoms with Crippen LogP contribution in [-0.4, -0.2) is 19.0 Å². The van der Waals surface area contributed by atoms with Crippen LogP contribution >= 0.6 is 0 Å². The smallest absolute Gasteiger partial charge is 0.324 e. The van der Waals surface area contributed by atoms with Crippen molar-refractivity contribution in [1.29, 1.82) is 0 Å². The molecule has 1 aliphatic rings. The fourth-order valence-corrected chi connectivity index (χ4v) is 2.91. The molecule has 1 fully saturated rings. The molecule has 0 aromatic heterocycles. The molecule has 0 radical (unpaired) electrons. The van der Waals surface area contributed by atoms with Gasteiger partial charge in [-0.2, -0.15) is 0 Å². The van der Waals surface area contributed by atoms with Gasteiger partial charge in [-0.15, -0.1) is 6.58 Å². The second kappa shape index (κ2) is 7.44. The average molecular weight is 352 g/mol. The van der Waals surface area contributed by atoms with Crippen LogP contribution in [-0.2, 0) is 25.7 Å². The van der Waals surface area contributed by atoms with Gasteiger partial charge in [0.15, 0.2) is 5.41 Å². The fourth-order valence-electron chi connectivity index (χ4n) is 2.91. The molecule has 2 unspecified atom stereocenters. The van der Waals surface area contributed by atoms with Crippen LogP contribution in [0, 0.1) is 11.3 Å². The summed E-state index contributed by atoms with van der Waals surface area (Å²) < 4.78 is 15.9. The summed E-state index contributed by atoms with van der Waals surface area (Å²) in [6, 6.07) is 16.7. The maximum Gasteiger partial charge on any atom is 0.324 e. The third-order valence-electron chi connectivity index (χ3n) is 4.46. The van der Waals surface area contributed by atoms with Gasteiger partial charge in [0.05, 0.1) is 7.11 Å². The molecule has 2 atom stereocenters. The van der Waals surface area contributed by atoms with E-state index in [2.05, 4.69) is 6.58 Å². The number of para-hydroxylation sites is 1. The van der Waals surface area contributed by atoms with Gasteiger partial charge in [0.1, 0.15) is 18.1 Å². The van der Waals surface area contributed by atoms with Crippen LogP contribution in [0.1, 0.15) is 12.0 Å². The summed E-state index contributed by atoms with van der Waals surface area (Å²) in [5.74, 6) is -0.0340. The zero-order valence-electron chi connectivity index (χ0n) is 14.5. The van der Waals surface area contributed by atoms with Crippen molar-refractivity contribution < 1.29 is 23.8 Å². The van der Waals surface area contributed by atoms with Gasteiger partial charge >= 0.3 is 11.9 Å². The first-order valence-electron chi connectivity index (χ1n) is 8.30. The lowest BCUT2D eigenvalue weighted by Gasteiger charge is -2.14. The number of hydrogen-bond donors (Lipinski definition) is 0. The number of methoxy groups -OCH3 is 1. The molecule has 0 bridgehead atoms. The zero-order valence-corrected chi connectivity index (χ0v) is 14.5. The standard InChI is InChI=1S/C21H20O5/c1-3-16-13-21(16,19(22)24-2)20(23)25-14-15-8-7-11-18(12-15)26-17-9-5-4-6-10-17/h3-12,16H,1,13-14H2,2H3. The number of esters is 2. The molecular formula is C21H20O5. The lowest BCUT2D eigenvalue weighted by molar-refractivity contribution is -0.164. The molecule has 1 aliphatic carbocycles. The van der Waals surface area contributed by atoms with Crippen molar-refractivity contribution >= 4 is 11.9 Å². The van der Waals surface area contributed by atoms with Gasteiger partial charge < -0.3 is 14.2 Å². The average Bonchev–Trinajstić information content (AvgIpc) is 3.42. The van der Waals surface area contributed by atoms with Crippen molar-refractivity contribution in [3.8, 4) is 11.5 Å². The summed E-state index contributed by atoms with van der Waals surface area (Å²) in [6.45, 7) is 3.70. The van der Waals surface area contributed by atoms with Crippen molar-refractivity contribution in [3.05, 3.63) is 72.8 Å². The van der Waals surface area contributed by atoms with Crippen molar-refractivity contribution in [3.63, 3.8) is 0 Å². The molecule has 0 amide bonds. The SMILES string of the molecule is C=CC1CC1(C(=O)OC)C(=O)OCc1cccc(Oc2ccccc2)c1. The minimum absolute atomic E-state index is 0.0490. The Morgan fingerprint density at radius 3 is 2.50 bits per heavy atom. The van der Waals surface area contributed by atoms with E-state index in [1.807, 2.05) is 48.5 Å². The van der Waals surface area contributed by atoms with Crippen molar-refractivity contribution in [2.75, 3.05) is 7.11 Å². The van der Waals surface area contributed by atoms with E-state index < -0.39 is 17.4 Å². The molecule has 0 aliphatic heterocycles. The zero-order chi connectivity index (χ0) is 18.6. The summed E-state index contributed by atoms with van der Waals surface area (Å²) in [7, 11) is 1.26. The Balaban J connectivity index is 1.65. The number of carbonyl (C=O) groups is 2. The van der Waals surface area contributed by atoms with Crippen LogP contribution < -0.4 is 4.74 Å². The molecule has 0 spiro atoms. The van der Waals surface area contributed by atoms with E-state index in [-0.39, 0.29) is 12.5 Å². The highest BCUT2D eigenvalue weighted by Crippen LogP contribution is 2.55. The maximum atomic E-state index is 12.4. The Kier molecular flexibility index (Phi) is 5.07. The number of ether oxygens (including phenoxy) is 3. The summed E-state index contributed by atoms with van der Waals surface area (Å²) in [5, 5.41) is 0. The number of carbonyl (C=O) groups excluding carboxylic acids is 2. The van der Waals surface area contributed by atoms with Crippen molar-refractivity contribution in [2.24, 2.45) is 11.3 Å². The molecule has 2 aromatic rings. The number of rotatable bonds is 7. The molecule has 1 saturated carbocycles. The van der Waals surface area contributed by atoms with Gasteiger partial charge in [0, 0.05) is 5.92 Å². The Labute approximate surface area is 152 Å². The molecule has 5 nitrogen and oxygen atoms in total. The first-order valence-corrected chi connectivity index (χ1v) is 8.30. The van der Waals surface area contributed by atoms with E-state index in [1.165, 1.54) is 7.11 Å². The minimum Gasteiger partial charge on any atom is -0.468 e. The molecule has 0 saturated heterocycles. The normalized spacial score (nSPS) is 20.7. The van der Waals surface area contributed by atoms with Crippen LogP contribution in [0.4, 0.5) is 0 Å². The lowest BCUT2D eigenvalue weighted by atomic mass is 10.0. The first kappa shape index (κ1) is 17.7. The third kappa shape index (κ3) is 3.47. The van der Waals surface area contributed by atoms with E-state index >= 15 is 0 Å². The van der Waals surface area contributed by atoms with Gasteiger partial charge in [0.25, 0.3) is 0 Å². The molecule has 26 heavy (non-hydrogen) atoms. The predicted molar refractivity (Wildman–Crippen MR) is 95.5 cm³/mol. The van der Waals surface area contributed by atoms with Crippen LogP contribution in [0.3, 0.4) is 0 Å². The monoisotopic (exact) mass is 352 g/mol. The maximum absolute atomic E-state index is 12.4. The molecule has 3 rings (SSSR count). The number of allylic oxidation sites excluding steroid dienone is 1. The van der Waals surface area contributed by atoms with Gasteiger partial charge in [-0.1, -0.05) is 36.4 Å². The van der Waals surface area contributed by atoms with Gasteiger partial charge in [-0.3, -0.25) is 9.59 Å². The Morgan fingerprint density at radius 1 is 1.12 bits per heavy atom. The quantitative estimate of drug-likeness (QED) is 0.430. The number of hydrogen-bond acceptors (Lipinski definition) is 5. The summed E-state index contributed by atoms with van der Waals surface area (Å²) >= 11 is 0. The van der Waals surface area contributed by atoms with E-state index in [1.54, 1.807) is 12.1 Å². The van der Waals surface area contributed by atoms with Crippen LogP contribution in [0.5, 0.6) is 11.5 Å². The van der Waals surface area contributed by atoms with E-state index in [0.717, 1.165) is 11.3 Å². The van der Waals surface area contributed by atoms with Crippen LogP contribution in [0.25, 0.3) is 0 Å². The molecule has 5 heteroatoms. The summed E-state index contributed by atoms with van der Waals surface area (Å²) in [4.78, 5) is 24.4. The Bertz CT molecular complexity index is 814. The van der Waals surface area contributed by atoms with Crippen LogP contribution in [0.2, 0.25) is 0 Å². The first-order chi connectivity index (χ1) is 12.6. The molecule has 134 valence electrons. The minimum atomic E-state index is -1.24. The summed E-state index contributed by atoms with van der Waals surface area (Å²) in [5.41, 5.74) is -0.475. The van der Waals surface area contributed by atoms with Gasteiger partial charge in [-0.25, -0.2) is 0 Å². The second-order valence-corrected chi connectivity index (χ2v) is 6.15. The van der Waals surface area contributed by atoms with Gasteiger partial charge in [-0.05, 0) is 36.2 Å². The van der Waals surface area contributed by atoms with E-state index in [4.69, 9.17) is 14.2 Å². The molecule has 0 N–H and O–H groups in total. The van der Waals surface area contributed by atoms with Crippen molar-refractivity contribution in [2.45, 2.75) is 13.0 Å². The predicted octanol–water partition coefficient (Wildman–Crippen LogP) is 3.89. The number of benzene rings is 2.